The van der Waals surface area contributed by atoms with Crippen LogP contribution in [0.2, 0.25) is 0 Å². The lowest BCUT2D eigenvalue weighted by atomic mass is 10.2. The van der Waals surface area contributed by atoms with E-state index in [9.17, 15) is 9.18 Å². The molecule has 0 amide bonds. The van der Waals surface area contributed by atoms with Gasteiger partial charge >= 0.3 is 0 Å². The molecule has 0 saturated heterocycles. The molecule has 0 bridgehead atoms. The maximum Gasteiger partial charge on any atom is 0.193 e. The first kappa shape index (κ1) is 12.4. The van der Waals surface area contributed by atoms with Gasteiger partial charge in [-0.2, -0.15) is 0 Å². The molecule has 0 N–H and O–H groups in total. The lowest BCUT2D eigenvalue weighted by molar-refractivity contribution is 0.586. The minimum Gasteiger partial charge on any atom is -0.456 e. The first-order valence-corrected chi connectivity index (χ1v) is 6.19. The monoisotopic (exact) mass is 266 g/mol. The molecule has 0 fully saturated rings. The fraction of sp³-hybridized carbons (Fsp3) is 0. The molecule has 1 heterocycles. The van der Waals surface area contributed by atoms with E-state index in [2.05, 4.69) is 0 Å². The Hall–Kier alpha value is -2.68. The highest BCUT2D eigenvalue weighted by Crippen LogP contribution is 2.15. The van der Waals surface area contributed by atoms with Crippen molar-refractivity contribution in [2.45, 2.75) is 0 Å². The topological polar surface area (TPSA) is 30.2 Å². The van der Waals surface area contributed by atoms with Crippen LogP contribution in [-0.4, -0.2) is 0 Å². The first-order chi connectivity index (χ1) is 9.72. The molecule has 3 rings (SSSR count). The van der Waals surface area contributed by atoms with Gasteiger partial charge in [-0.1, -0.05) is 36.4 Å². The zero-order chi connectivity index (χ0) is 13.9. The van der Waals surface area contributed by atoms with Crippen LogP contribution in [0, 0.1) is 5.82 Å². The summed E-state index contributed by atoms with van der Waals surface area (Å²) < 4.78 is 18.7. The Morgan fingerprint density at radius 1 is 0.950 bits per heavy atom. The quantitative estimate of drug-likeness (QED) is 0.699. The van der Waals surface area contributed by atoms with E-state index in [1.165, 1.54) is 24.3 Å². The number of halogens is 1. The number of fused-ring (bicyclic) bond motifs is 1. The van der Waals surface area contributed by atoms with Gasteiger partial charge < -0.3 is 4.42 Å². The zero-order valence-corrected chi connectivity index (χ0v) is 10.5. The van der Waals surface area contributed by atoms with Gasteiger partial charge in [-0.3, -0.25) is 4.79 Å². The largest absolute Gasteiger partial charge is 0.456 e. The molecule has 0 aliphatic rings. The van der Waals surface area contributed by atoms with Gasteiger partial charge in [0.05, 0.1) is 5.39 Å². The molecule has 2 nitrogen and oxygen atoms in total. The van der Waals surface area contributed by atoms with Crippen LogP contribution in [0.3, 0.4) is 0 Å². The average molecular weight is 266 g/mol. The van der Waals surface area contributed by atoms with Crippen molar-refractivity contribution >= 4 is 23.1 Å². The first-order valence-electron chi connectivity index (χ1n) is 6.19. The van der Waals surface area contributed by atoms with Gasteiger partial charge in [0.2, 0.25) is 0 Å². The van der Waals surface area contributed by atoms with Crippen molar-refractivity contribution in [2.75, 3.05) is 0 Å². The maximum atomic E-state index is 13.1. The van der Waals surface area contributed by atoms with Crippen LogP contribution in [0.5, 0.6) is 0 Å². The van der Waals surface area contributed by atoms with Crippen molar-refractivity contribution in [3.63, 3.8) is 0 Å². The van der Waals surface area contributed by atoms with Crippen LogP contribution in [0.4, 0.5) is 4.39 Å². The van der Waals surface area contributed by atoms with E-state index in [1.54, 1.807) is 6.08 Å². The second-order valence-electron chi connectivity index (χ2n) is 4.40. The van der Waals surface area contributed by atoms with Crippen molar-refractivity contribution in [1.29, 1.82) is 0 Å². The Morgan fingerprint density at radius 3 is 2.55 bits per heavy atom. The van der Waals surface area contributed by atoms with Crippen LogP contribution in [0.25, 0.3) is 23.1 Å². The van der Waals surface area contributed by atoms with Crippen LogP contribution in [-0.2, 0) is 0 Å². The molecule has 1 aromatic heterocycles. The molecule has 0 saturated carbocycles. The van der Waals surface area contributed by atoms with Crippen LogP contribution >= 0.6 is 0 Å². The van der Waals surface area contributed by atoms with Crippen molar-refractivity contribution in [2.24, 2.45) is 0 Å². The number of hydrogen-bond acceptors (Lipinski definition) is 2. The van der Waals surface area contributed by atoms with Crippen LogP contribution in [0.1, 0.15) is 11.3 Å². The van der Waals surface area contributed by atoms with E-state index in [0.29, 0.717) is 11.3 Å². The minimum absolute atomic E-state index is 0.251. The van der Waals surface area contributed by atoms with Crippen LogP contribution < -0.4 is 5.43 Å². The predicted octanol–water partition coefficient (Wildman–Crippen LogP) is 4.10. The van der Waals surface area contributed by atoms with Gasteiger partial charge in [0, 0.05) is 6.07 Å². The van der Waals surface area contributed by atoms with Crippen LogP contribution in [0.15, 0.2) is 63.8 Å². The summed E-state index contributed by atoms with van der Waals surface area (Å²) in [6, 6.07) is 15.0. The Balaban J connectivity index is 2.03. The molecule has 0 radical (unpaired) electrons. The van der Waals surface area contributed by atoms with E-state index in [0.717, 1.165) is 5.56 Å². The van der Waals surface area contributed by atoms with E-state index in [4.69, 9.17) is 4.42 Å². The highest BCUT2D eigenvalue weighted by Gasteiger charge is 2.04. The number of benzene rings is 2. The van der Waals surface area contributed by atoms with Gasteiger partial charge in [-0.25, -0.2) is 4.39 Å². The average Bonchev–Trinajstić information content (AvgIpc) is 2.47. The van der Waals surface area contributed by atoms with Crippen molar-refractivity contribution in [3.8, 4) is 0 Å². The summed E-state index contributed by atoms with van der Waals surface area (Å²) in [6.45, 7) is 0. The van der Waals surface area contributed by atoms with Crippen molar-refractivity contribution in [1.82, 2.24) is 0 Å². The standard InChI is InChI=1S/C17H11FO2/c18-13-7-9-17-15(10-13)16(19)11-14(20-17)8-6-12-4-2-1-3-5-12/h1-11H/b8-6+. The smallest absolute Gasteiger partial charge is 0.193 e. The van der Waals surface area contributed by atoms with Crippen molar-refractivity contribution in [3.05, 3.63) is 82.0 Å². The Labute approximate surface area is 114 Å². The molecule has 3 aromatic rings. The number of rotatable bonds is 2. The summed E-state index contributed by atoms with van der Waals surface area (Å²) in [5, 5.41) is 0.252. The minimum atomic E-state index is -0.447. The SMILES string of the molecule is O=c1cc(/C=C/c2ccccc2)oc2ccc(F)cc12. The third-order valence-corrected chi connectivity index (χ3v) is 2.95. The molecular weight excluding hydrogens is 255 g/mol. The number of hydrogen-bond donors (Lipinski definition) is 0. The molecule has 0 unspecified atom stereocenters. The highest BCUT2D eigenvalue weighted by molar-refractivity contribution is 5.78. The second-order valence-corrected chi connectivity index (χ2v) is 4.40. The summed E-state index contributed by atoms with van der Waals surface area (Å²) in [7, 11) is 0. The molecule has 20 heavy (non-hydrogen) atoms. The van der Waals surface area contributed by atoms with Gasteiger partial charge in [0.15, 0.2) is 5.43 Å². The summed E-state index contributed by atoms with van der Waals surface area (Å²) >= 11 is 0. The summed E-state index contributed by atoms with van der Waals surface area (Å²) in [5.41, 5.74) is 1.14. The maximum absolute atomic E-state index is 13.1. The highest BCUT2D eigenvalue weighted by atomic mass is 19.1. The van der Waals surface area contributed by atoms with Gasteiger partial charge in [0.1, 0.15) is 17.2 Å². The molecule has 98 valence electrons. The summed E-state index contributed by atoms with van der Waals surface area (Å²) in [4.78, 5) is 11.9. The Bertz CT molecular complexity index is 832. The fourth-order valence-electron chi connectivity index (χ4n) is 1.97. The van der Waals surface area contributed by atoms with Gasteiger partial charge in [0.25, 0.3) is 0 Å². The summed E-state index contributed by atoms with van der Waals surface area (Å²) in [5.74, 6) is -0.00432. The van der Waals surface area contributed by atoms with Crippen molar-refractivity contribution < 1.29 is 8.81 Å². The molecule has 0 atom stereocenters. The fourth-order valence-corrected chi connectivity index (χ4v) is 1.97. The summed E-state index contributed by atoms with van der Waals surface area (Å²) in [6.07, 6.45) is 3.58. The molecule has 0 aliphatic carbocycles. The Kier molecular flexibility index (Phi) is 3.17. The van der Waals surface area contributed by atoms with Gasteiger partial charge in [-0.15, -0.1) is 0 Å². The molecule has 2 aromatic carbocycles. The van der Waals surface area contributed by atoms with Gasteiger partial charge in [-0.05, 0) is 29.8 Å². The van der Waals surface area contributed by atoms with E-state index < -0.39 is 5.82 Å². The third-order valence-electron chi connectivity index (χ3n) is 2.95. The Morgan fingerprint density at radius 2 is 1.75 bits per heavy atom. The van der Waals surface area contributed by atoms with E-state index in [1.807, 2.05) is 36.4 Å². The van der Waals surface area contributed by atoms with E-state index in [-0.39, 0.29) is 10.8 Å². The molecule has 0 aliphatic heterocycles. The normalized spacial score (nSPS) is 11.2. The second kappa shape index (κ2) is 5.13. The lowest BCUT2D eigenvalue weighted by Gasteiger charge is -1.99. The molecule has 3 heteroatoms. The predicted molar refractivity (Wildman–Crippen MR) is 77.8 cm³/mol. The zero-order valence-electron chi connectivity index (χ0n) is 10.5. The lowest BCUT2D eigenvalue weighted by Crippen LogP contribution is -2.00. The third kappa shape index (κ3) is 2.52. The molecule has 0 spiro atoms. The van der Waals surface area contributed by atoms with E-state index >= 15 is 0 Å². The molecular formula is C17H11FO2.